The van der Waals surface area contributed by atoms with Gasteiger partial charge >= 0.3 is 5.97 Å². The molecule has 9 nitrogen and oxygen atoms in total. The van der Waals surface area contributed by atoms with E-state index < -0.39 is 48.0 Å². The average molecular weight is 363 g/mol. The van der Waals surface area contributed by atoms with Crippen LogP contribution in [0.5, 0.6) is 0 Å². The Bertz CT molecular complexity index is 868. The molecule has 2 aliphatic rings. The lowest BCUT2D eigenvalue weighted by atomic mass is 10.0. The van der Waals surface area contributed by atoms with Crippen molar-refractivity contribution in [1.29, 1.82) is 0 Å². The van der Waals surface area contributed by atoms with Crippen molar-refractivity contribution in [2.75, 3.05) is 18.5 Å². The van der Waals surface area contributed by atoms with Crippen molar-refractivity contribution in [2.45, 2.75) is 18.9 Å². The molecule has 10 heteroatoms. The Balaban J connectivity index is 1.96. The maximum Gasteiger partial charge on any atom is 0.323 e. The molecule has 1 unspecified atom stereocenters. The highest BCUT2D eigenvalue weighted by molar-refractivity contribution is 6.23. The zero-order valence-corrected chi connectivity index (χ0v) is 13.6. The van der Waals surface area contributed by atoms with Crippen molar-refractivity contribution >= 4 is 35.3 Å². The predicted octanol–water partition coefficient (Wildman–Crippen LogP) is -0.252. The highest BCUT2D eigenvalue weighted by atomic mass is 19.1. The molecule has 1 aromatic carbocycles. The molecule has 0 radical (unpaired) electrons. The third-order valence-electron chi connectivity index (χ3n) is 4.29. The minimum absolute atomic E-state index is 0.00953. The van der Waals surface area contributed by atoms with Gasteiger partial charge in [-0.15, -0.1) is 0 Å². The summed E-state index contributed by atoms with van der Waals surface area (Å²) in [5.41, 5.74) is -0.476. The van der Waals surface area contributed by atoms with E-state index in [9.17, 15) is 28.4 Å². The molecular formula is C16H14FN3O6. The molecule has 0 aromatic heterocycles. The summed E-state index contributed by atoms with van der Waals surface area (Å²) >= 11 is 0. The van der Waals surface area contributed by atoms with E-state index in [0.29, 0.717) is 4.90 Å². The van der Waals surface area contributed by atoms with E-state index in [2.05, 4.69) is 5.32 Å². The number of likely N-dealkylation sites (N-methyl/N-ethyl adjacent to an activating group) is 1. The van der Waals surface area contributed by atoms with Crippen molar-refractivity contribution < 1.29 is 33.5 Å². The number of hydrogen-bond acceptors (Lipinski definition) is 6. The lowest BCUT2D eigenvalue weighted by molar-refractivity contribution is -0.137. The molecule has 1 saturated heterocycles. The second-order valence-electron chi connectivity index (χ2n) is 6.05. The van der Waals surface area contributed by atoms with Gasteiger partial charge in [0.25, 0.3) is 11.8 Å². The first kappa shape index (κ1) is 17.5. The molecule has 1 aromatic rings. The van der Waals surface area contributed by atoms with E-state index in [1.165, 1.54) is 7.05 Å². The maximum absolute atomic E-state index is 14.3. The predicted molar refractivity (Wildman–Crippen MR) is 84.0 cm³/mol. The molecule has 2 aliphatic heterocycles. The number of anilines is 1. The van der Waals surface area contributed by atoms with Crippen LogP contribution in [0.15, 0.2) is 12.1 Å². The number of rotatable bonds is 4. The summed E-state index contributed by atoms with van der Waals surface area (Å²) in [6.45, 7) is -0.505. The van der Waals surface area contributed by atoms with Crippen LogP contribution in [-0.4, -0.2) is 59.2 Å². The number of aliphatic carboxylic acids is 1. The SMILES string of the molecule is CN(CC(=O)O)c1cc2c(cc1F)C(=O)N(C1CCC(=O)NC1=O)C2=O. The first-order valence-electron chi connectivity index (χ1n) is 7.68. The fourth-order valence-electron chi connectivity index (χ4n) is 3.06. The van der Waals surface area contributed by atoms with E-state index in [-0.39, 0.29) is 29.7 Å². The number of benzene rings is 1. The first-order chi connectivity index (χ1) is 12.2. The van der Waals surface area contributed by atoms with Crippen LogP contribution in [0.1, 0.15) is 33.6 Å². The van der Waals surface area contributed by atoms with Crippen LogP contribution in [-0.2, 0) is 14.4 Å². The van der Waals surface area contributed by atoms with Gasteiger partial charge in [-0.25, -0.2) is 4.39 Å². The number of carboxylic acids is 1. The Morgan fingerprint density at radius 2 is 1.88 bits per heavy atom. The number of fused-ring (bicyclic) bond motifs is 1. The molecule has 1 atom stereocenters. The number of nitrogens with one attached hydrogen (secondary N) is 1. The third-order valence-corrected chi connectivity index (χ3v) is 4.29. The maximum atomic E-state index is 14.3. The summed E-state index contributed by atoms with van der Waals surface area (Å²) in [7, 11) is 1.33. The van der Waals surface area contributed by atoms with Gasteiger partial charge in [0.2, 0.25) is 11.8 Å². The quantitative estimate of drug-likeness (QED) is 0.707. The molecule has 1 fully saturated rings. The monoisotopic (exact) mass is 363 g/mol. The summed E-state index contributed by atoms with van der Waals surface area (Å²) < 4.78 is 14.3. The highest BCUT2D eigenvalue weighted by Crippen LogP contribution is 2.32. The van der Waals surface area contributed by atoms with Gasteiger partial charge in [-0.05, 0) is 18.6 Å². The minimum Gasteiger partial charge on any atom is -0.480 e. The van der Waals surface area contributed by atoms with Crippen molar-refractivity contribution in [2.24, 2.45) is 0 Å². The molecule has 4 amide bonds. The third kappa shape index (κ3) is 2.79. The summed E-state index contributed by atoms with van der Waals surface area (Å²) in [6, 6.07) is 0.804. The van der Waals surface area contributed by atoms with Crippen LogP contribution >= 0.6 is 0 Å². The Hall–Kier alpha value is -3.30. The second-order valence-corrected chi connectivity index (χ2v) is 6.05. The van der Waals surface area contributed by atoms with Crippen molar-refractivity contribution in [1.82, 2.24) is 10.2 Å². The number of hydrogen-bond donors (Lipinski definition) is 2. The van der Waals surface area contributed by atoms with E-state index in [4.69, 9.17) is 5.11 Å². The number of carbonyl (C=O) groups excluding carboxylic acids is 4. The Morgan fingerprint density at radius 3 is 2.46 bits per heavy atom. The fraction of sp³-hybridized carbons (Fsp3) is 0.312. The zero-order chi connectivity index (χ0) is 19.2. The van der Waals surface area contributed by atoms with Crippen LogP contribution in [0.25, 0.3) is 0 Å². The molecule has 26 heavy (non-hydrogen) atoms. The van der Waals surface area contributed by atoms with Crippen molar-refractivity contribution in [3.63, 3.8) is 0 Å². The van der Waals surface area contributed by atoms with Gasteiger partial charge in [0.1, 0.15) is 18.4 Å². The highest BCUT2D eigenvalue weighted by Gasteiger charge is 2.45. The number of halogens is 1. The van der Waals surface area contributed by atoms with Gasteiger partial charge in [0.05, 0.1) is 16.8 Å². The van der Waals surface area contributed by atoms with Gasteiger partial charge in [-0.3, -0.25) is 34.2 Å². The van der Waals surface area contributed by atoms with Crippen LogP contribution in [0.2, 0.25) is 0 Å². The molecule has 0 saturated carbocycles. The molecule has 3 rings (SSSR count). The number of imide groups is 2. The Morgan fingerprint density at radius 1 is 1.27 bits per heavy atom. The summed E-state index contributed by atoms with van der Waals surface area (Å²) in [5.74, 6) is -4.93. The number of piperidine rings is 1. The van der Waals surface area contributed by atoms with E-state index in [1.54, 1.807) is 0 Å². The minimum atomic E-state index is -1.19. The van der Waals surface area contributed by atoms with E-state index in [1.807, 2.05) is 0 Å². The average Bonchev–Trinajstić information content (AvgIpc) is 2.77. The first-order valence-corrected chi connectivity index (χ1v) is 7.68. The Kier molecular flexibility index (Phi) is 4.18. The van der Waals surface area contributed by atoms with Crippen LogP contribution in [0, 0.1) is 5.82 Å². The normalized spacial score (nSPS) is 19.5. The van der Waals surface area contributed by atoms with Crippen LogP contribution in [0.4, 0.5) is 10.1 Å². The largest absolute Gasteiger partial charge is 0.480 e. The summed E-state index contributed by atoms with van der Waals surface area (Å²) in [5, 5.41) is 10.9. The van der Waals surface area contributed by atoms with Crippen LogP contribution in [0.3, 0.4) is 0 Å². The zero-order valence-electron chi connectivity index (χ0n) is 13.6. The molecule has 2 heterocycles. The van der Waals surface area contributed by atoms with Gasteiger partial charge in [0, 0.05) is 13.5 Å². The topological polar surface area (TPSA) is 124 Å². The lowest BCUT2D eigenvalue weighted by Gasteiger charge is -2.27. The summed E-state index contributed by atoms with van der Waals surface area (Å²) in [4.78, 5) is 61.0. The number of carboxylic acid groups (broad SMARTS) is 1. The number of carbonyl (C=O) groups is 5. The Labute approximate surface area is 146 Å². The number of amides is 4. The van der Waals surface area contributed by atoms with Crippen molar-refractivity contribution in [3.8, 4) is 0 Å². The molecule has 2 N–H and O–H groups in total. The fourth-order valence-corrected chi connectivity index (χ4v) is 3.06. The molecular weight excluding hydrogens is 349 g/mol. The molecule has 136 valence electrons. The molecule has 0 spiro atoms. The molecule has 0 bridgehead atoms. The van der Waals surface area contributed by atoms with Gasteiger partial charge in [-0.2, -0.15) is 0 Å². The molecule has 0 aliphatic carbocycles. The lowest BCUT2D eigenvalue weighted by Crippen LogP contribution is -2.54. The van der Waals surface area contributed by atoms with Gasteiger partial charge < -0.3 is 10.0 Å². The van der Waals surface area contributed by atoms with Gasteiger partial charge in [-0.1, -0.05) is 0 Å². The number of nitrogens with zero attached hydrogens (tertiary/aromatic N) is 2. The standard InChI is InChI=1S/C16H14FN3O6/c1-19(6-13(22)23)11-5-8-7(4-9(11)17)15(25)20(16(8)26)10-2-3-12(21)18-14(10)24/h4-5,10H,2-3,6H2,1H3,(H,22,23)(H,18,21,24). The van der Waals surface area contributed by atoms with Crippen molar-refractivity contribution in [3.05, 3.63) is 29.1 Å². The second kappa shape index (κ2) is 6.21. The van der Waals surface area contributed by atoms with E-state index in [0.717, 1.165) is 17.0 Å². The van der Waals surface area contributed by atoms with Crippen LogP contribution < -0.4 is 10.2 Å². The van der Waals surface area contributed by atoms with E-state index >= 15 is 0 Å². The summed E-state index contributed by atoms with van der Waals surface area (Å²) in [6.07, 6.45) is -0.0326. The van der Waals surface area contributed by atoms with Gasteiger partial charge in [0.15, 0.2) is 0 Å². The smallest absolute Gasteiger partial charge is 0.323 e.